The van der Waals surface area contributed by atoms with Crippen LogP contribution in [-0.4, -0.2) is 27.2 Å². The van der Waals surface area contributed by atoms with Crippen LogP contribution in [0.15, 0.2) is 40.1 Å². The summed E-state index contributed by atoms with van der Waals surface area (Å²) in [6.07, 6.45) is 6.04. The lowest BCUT2D eigenvalue weighted by atomic mass is 9.77. The van der Waals surface area contributed by atoms with Gasteiger partial charge in [-0.1, -0.05) is 20.8 Å². The maximum atomic E-state index is 12.6. The van der Waals surface area contributed by atoms with Crippen molar-refractivity contribution in [3.63, 3.8) is 0 Å². The predicted molar refractivity (Wildman–Crippen MR) is 110 cm³/mol. The van der Waals surface area contributed by atoms with Crippen molar-refractivity contribution >= 4 is 5.97 Å². The lowest BCUT2D eigenvalue weighted by Gasteiger charge is -2.39. The molecule has 0 fully saturated rings. The predicted octanol–water partition coefficient (Wildman–Crippen LogP) is 3.95. The number of carboxylic acid groups (broad SMARTS) is 1. The molecule has 4 heterocycles. The van der Waals surface area contributed by atoms with E-state index in [9.17, 15) is 14.7 Å². The van der Waals surface area contributed by atoms with Gasteiger partial charge in [0.2, 0.25) is 0 Å². The molecule has 0 aliphatic carbocycles. The third-order valence-corrected chi connectivity index (χ3v) is 6.11. The van der Waals surface area contributed by atoms with Crippen LogP contribution in [-0.2, 0) is 12.8 Å². The first-order chi connectivity index (χ1) is 14.3. The highest BCUT2D eigenvalue weighted by Crippen LogP contribution is 2.49. The van der Waals surface area contributed by atoms with E-state index in [2.05, 4.69) is 25.8 Å². The van der Waals surface area contributed by atoms with Gasteiger partial charge in [-0.2, -0.15) is 0 Å². The number of hydrogen-bond acceptors (Lipinski definition) is 5. The van der Waals surface area contributed by atoms with Crippen molar-refractivity contribution < 1.29 is 19.1 Å². The number of carboxylic acids is 1. The number of carbonyl (C=O) groups is 1. The van der Waals surface area contributed by atoms with Crippen molar-refractivity contribution in [3.8, 4) is 28.3 Å². The van der Waals surface area contributed by atoms with E-state index >= 15 is 0 Å². The normalized spacial score (nSPS) is 17.1. The Balaban J connectivity index is 1.84. The zero-order valence-corrected chi connectivity index (χ0v) is 17.1. The largest absolute Gasteiger partial charge is 0.492 e. The standard InChI is InChI=1S/C23H22N2O5/c1-23(2,3)20-7-13-12-4-5-29-21(12)15(19-9-24-11-30-19)6-14(13)17-8-18(26)16(22(27)28)10-25(17)20/h6,8-11,20H,4-5,7H2,1-3H3,(H,27,28)/t20-/m0/s1. The number of fused-ring (bicyclic) bond motifs is 5. The number of pyridine rings is 1. The molecule has 5 rings (SSSR count). The number of rotatable bonds is 2. The molecule has 7 heteroatoms. The van der Waals surface area contributed by atoms with Gasteiger partial charge in [-0.3, -0.25) is 4.79 Å². The van der Waals surface area contributed by atoms with E-state index in [0.29, 0.717) is 12.4 Å². The Labute approximate surface area is 172 Å². The third-order valence-electron chi connectivity index (χ3n) is 6.11. The molecular weight excluding hydrogens is 384 g/mol. The second kappa shape index (κ2) is 6.32. The average Bonchev–Trinajstić information content (AvgIpc) is 3.37. The summed E-state index contributed by atoms with van der Waals surface area (Å²) < 4.78 is 13.5. The molecule has 0 saturated carbocycles. The monoisotopic (exact) mass is 406 g/mol. The number of oxazole rings is 1. The van der Waals surface area contributed by atoms with Crippen LogP contribution in [0.5, 0.6) is 5.75 Å². The Bertz CT molecular complexity index is 1230. The molecule has 2 aliphatic rings. The third kappa shape index (κ3) is 2.69. The number of benzene rings is 1. The molecular formula is C23H22N2O5. The summed E-state index contributed by atoms with van der Waals surface area (Å²) in [7, 11) is 0. The summed E-state index contributed by atoms with van der Waals surface area (Å²) in [4.78, 5) is 28.2. The van der Waals surface area contributed by atoms with Gasteiger partial charge in [0.05, 0.1) is 24.1 Å². The van der Waals surface area contributed by atoms with Crippen LogP contribution in [0.4, 0.5) is 0 Å². The van der Waals surface area contributed by atoms with Gasteiger partial charge < -0.3 is 18.8 Å². The second-order valence-corrected chi connectivity index (χ2v) is 8.96. The van der Waals surface area contributed by atoms with Crippen molar-refractivity contribution in [1.82, 2.24) is 9.55 Å². The Hall–Kier alpha value is -3.35. The molecule has 2 aromatic heterocycles. The molecule has 3 aromatic rings. The van der Waals surface area contributed by atoms with Gasteiger partial charge in [0.15, 0.2) is 17.6 Å². The molecule has 2 aliphatic heterocycles. The van der Waals surface area contributed by atoms with Crippen molar-refractivity contribution in [3.05, 3.63) is 57.8 Å². The topological polar surface area (TPSA) is 94.6 Å². The Morgan fingerprint density at radius 2 is 2.03 bits per heavy atom. The second-order valence-electron chi connectivity index (χ2n) is 8.96. The minimum atomic E-state index is -1.21. The molecule has 154 valence electrons. The van der Waals surface area contributed by atoms with Gasteiger partial charge in [-0.05, 0) is 23.5 Å². The van der Waals surface area contributed by atoms with Crippen LogP contribution in [0.3, 0.4) is 0 Å². The van der Waals surface area contributed by atoms with Gasteiger partial charge >= 0.3 is 5.97 Å². The molecule has 0 spiro atoms. The molecule has 0 bridgehead atoms. The number of aromatic carboxylic acids is 1. The maximum absolute atomic E-state index is 12.6. The first-order valence-electron chi connectivity index (χ1n) is 9.96. The van der Waals surface area contributed by atoms with E-state index in [1.807, 2.05) is 10.6 Å². The number of nitrogens with zero attached hydrogens (tertiary/aromatic N) is 2. The van der Waals surface area contributed by atoms with Gasteiger partial charge in [0.1, 0.15) is 11.3 Å². The highest BCUT2D eigenvalue weighted by atomic mass is 16.5. The SMILES string of the molecule is CC(C)(C)[C@@H]1Cc2c(cc(-c3cnco3)c3c2CCO3)-c2cc(=O)c(C(=O)O)cn21. The molecule has 1 aromatic carbocycles. The molecule has 0 radical (unpaired) electrons. The fraction of sp³-hybridized carbons (Fsp3) is 0.348. The highest BCUT2D eigenvalue weighted by molar-refractivity contribution is 5.88. The minimum absolute atomic E-state index is 0.000436. The highest BCUT2D eigenvalue weighted by Gasteiger charge is 2.37. The first kappa shape index (κ1) is 18.7. The van der Waals surface area contributed by atoms with E-state index in [0.717, 1.165) is 46.5 Å². The van der Waals surface area contributed by atoms with E-state index in [1.54, 1.807) is 6.20 Å². The molecule has 0 amide bonds. The summed E-state index contributed by atoms with van der Waals surface area (Å²) in [5.74, 6) is 0.208. The molecule has 1 N–H and O–H groups in total. The van der Waals surface area contributed by atoms with Crippen LogP contribution < -0.4 is 10.2 Å². The molecule has 0 saturated heterocycles. The zero-order chi connectivity index (χ0) is 21.2. The van der Waals surface area contributed by atoms with Crippen LogP contribution in [0.2, 0.25) is 0 Å². The quantitative estimate of drug-likeness (QED) is 0.693. The van der Waals surface area contributed by atoms with Crippen LogP contribution in [0.1, 0.15) is 48.3 Å². The lowest BCUT2D eigenvalue weighted by Crippen LogP contribution is -2.33. The lowest BCUT2D eigenvalue weighted by molar-refractivity contribution is 0.0693. The molecule has 7 nitrogen and oxygen atoms in total. The van der Waals surface area contributed by atoms with Gasteiger partial charge in [-0.15, -0.1) is 0 Å². The van der Waals surface area contributed by atoms with E-state index < -0.39 is 11.4 Å². The van der Waals surface area contributed by atoms with Gasteiger partial charge in [0, 0.05) is 35.9 Å². The van der Waals surface area contributed by atoms with E-state index in [4.69, 9.17) is 9.15 Å². The van der Waals surface area contributed by atoms with Gasteiger partial charge in [0.25, 0.3) is 0 Å². The van der Waals surface area contributed by atoms with Crippen molar-refractivity contribution in [2.24, 2.45) is 5.41 Å². The van der Waals surface area contributed by atoms with Crippen LogP contribution >= 0.6 is 0 Å². The first-order valence-corrected chi connectivity index (χ1v) is 9.96. The average molecular weight is 406 g/mol. The minimum Gasteiger partial charge on any atom is -0.492 e. The summed E-state index contributed by atoms with van der Waals surface area (Å²) in [6.45, 7) is 6.98. The van der Waals surface area contributed by atoms with E-state index in [1.165, 1.54) is 18.7 Å². The maximum Gasteiger partial charge on any atom is 0.341 e. The molecule has 30 heavy (non-hydrogen) atoms. The van der Waals surface area contributed by atoms with E-state index in [-0.39, 0.29) is 17.0 Å². The Kier molecular flexibility index (Phi) is 3.93. The number of aromatic nitrogens is 2. The summed E-state index contributed by atoms with van der Waals surface area (Å²) in [5.41, 5.74) is 3.88. The fourth-order valence-electron chi connectivity index (χ4n) is 4.64. The van der Waals surface area contributed by atoms with Crippen molar-refractivity contribution in [2.75, 3.05) is 6.61 Å². The van der Waals surface area contributed by atoms with Crippen LogP contribution in [0, 0.1) is 5.41 Å². The fourth-order valence-corrected chi connectivity index (χ4v) is 4.64. The Morgan fingerprint density at radius 3 is 2.70 bits per heavy atom. The summed E-state index contributed by atoms with van der Waals surface area (Å²) in [6, 6.07) is 3.43. The van der Waals surface area contributed by atoms with Crippen LogP contribution in [0.25, 0.3) is 22.6 Å². The zero-order valence-electron chi connectivity index (χ0n) is 17.1. The Morgan fingerprint density at radius 1 is 1.23 bits per heavy atom. The van der Waals surface area contributed by atoms with Gasteiger partial charge in [-0.25, -0.2) is 9.78 Å². The summed E-state index contributed by atoms with van der Waals surface area (Å²) >= 11 is 0. The number of hydrogen-bond donors (Lipinski definition) is 1. The van der Waals surface area contributed by atoms with Crippen molar-refractivity contribution in [2.45, 2.75) is 39.7 Å². The molecule has 0 unspecified atom stereocenters. The molecule has 1 atom stereocenters. The number of ether oxygens (including phenoxy) is 1. The summed E-state index contributed by atoms with van der Waals surface area (Å²) in [5, 5.41) is 9.50. The van der Waals surface area contributed by atoms with Crippen molar-refractivity contribution in [1.29, 1.82) is 0 Å². The smallest absolute Gasteiger partial charge is 0.341 e.